The van der Waals surface area contributed by atoms with Crippen LogP contribution >= 0.6 is 0 Å². The lowest BCUT2D eigenvalue weighted by Gasteiger charge is -2.24. The van der Waals surface area contributed by atoms with Gasteiger partial charge in [-0.1, -0.05) is 42.0 Å². The van der Waals surface area contributed by atoms with E-state index in [-0.39, 0.29) is 24.5 Å². The van der Waals surface area contributed by atoms with Crippen LogP contribution in [-0.4, -0.2) is 40.0 Å². The number of amides is 1. The molecular formula is C20H18FNO4. The Kier molecular flexibility index (Phi) is 4.86. The van der Waals surface area contributed by atoms with Crippen molar-refractivity contribution in [3.8, 4) is 0 Å². The first-order chi connectivity index (χ1) is 12.4. The van der Waals surface area contributed by atoms with E-state index in [0.29, 0.717) is 11.1 Å². The molecule has 2 N–H and O–H groups in total. The first-order valence-corrected chi connectivity index (χ1v) is 8.16. The molecule has 26 heavy (non-hydrogen) atoms. The van der Waals surface area contributed by atoms with E-state index >= 15 is 0 Å². The number of halogens is 1. The van der Waals surface area contributed by atoms with Crippen molar-refractivity contribution in [1.82, 2.24) is 4.90 Å². The van der Waals surface area contributed by atoms with Crippen LogP contribution in [0.15, 0.2) is 54.1 Å². The fourth-order valence-corrected chi connectivity index (χ4v) is 3.11. The van der Waals surface area contributed by atoms with Gasteiger partial charge in [-0.3, -0.25) is 9.59 Å². The third-order valence-electron chi connectivity index (χ3n) is 4.37. The Labute approximate surface area is 150 Å². The van der Waals surface area contributed by atoms with E-state index in [4.69, 9.17) is 0 Å². The van der Waals surface area contributed by atoms with Gasteiger partial charge in [0.15, 0.2) is 0 Å². The number of hydrogen-bond acceptors (Lipinski definition) is 4. The van der Waals surface area contributed by atoms with Gasteiger partial charge in [0.25, 0.3) is 11.7 Å². The van der Waals surface area contributed by atoms with Gasteiger partial charge in [-0.2, -0.15) is 0 Å². The SMILES string of the molecule is Cc1ccc(/C(O)=C2/C(=O)C(=O)N(CCO)C2c2cccc(F)c2)cc1. The Morgan fingerprint density at radius 3 is 2.46 bits per heavy atom. The Bertz CT molecular complexity index is 889. The molecule has 2 aromatic carbocycles. The molecule has 1 fully saturated rings. The molecule has 1 heterocycles. The summed E-state index contributed by atoms with van der Waals surface area (Å²) in [5.74, 6) is -2.53. The van der Waals surface area contributed by atoms with Crippen molar-refractivity contribution in [2.45, 2.75) is 13.0 Å². The molecule has 0 spiro atoms. The van der Waals surface area contributed by atoms with E-state index in [1.54, 1.807) is 30.3 Å². The molecule has 1 saturated heterocycles. The summed E-state index contributed by atoms with van der Waals surface area (Å²) >= 11 is 0. The zero-order chi connectivity index (χ0) is 18.8. The summed E-state index contributed by atoms with van der Waals surface area (Å²) in [6.07, 6.45) is 0. The Morgan fingerprint density at radius 2 is 1.85 bits per heavy atom. The molecule has 2 aromatic rings. The number of carbonyl (C=O) groups excluding carboxylic acids is 2. The first-order valence-electron chi connectivity index (χ1n) is 8.16. The van der Waals surface area contributed by atoms with Crippen LogP contribution in [0.4, 0.5) is 4.39 Å². The minimum Gasteiger partial charge on any atom is -0.507 e. The highest BCUT2D eigenvalue weighted by Crippen LogP contribution is 2.39. The normalized spacial score (nSPS) is 19.2. The highest BCUT2D eigenvalue weighted by molar-refractivity contribution is 6.46. The maximum absolute atomic E-state index is 13.7. The van der Waals surface area contributed by atoms with Crippen LogP contribution in [0.2, 0.25) is 0 Å². The first kappa shape index (κ1) is 17.8. The summed E-state index contributed by atoms with van der Waals surface area (Å²) in [5, 5.41) is 20.0. The number of aryl methyl sites for hydroxylation is 1. The largest absolute Gasteiger partial charge is 0.507 e. The maximum Gasteiger partial charge on any atom is 0.295 e. The molecule has 1 atom stereocenters. The zero-order valence-corrected chi connectivity index (χ0v) is 14.1. The van der Waals surface area contributed by atoms with E-state index in [2.05, 4.69) is 0 Å². The predicted octanol–water partition coefficient (Wildman–Crippen LogP) is 2.55. The number of nitrogens with zero attached hydrogens (tertiary/aromatic N) is 1. The van der Waals surface area contributed by atoms with Crippen molar-refractivity contribution < 1.29 is 24.2 Å². The lowest BCUT2D eigenvalue weighted by Crippen LogP contribution is -2.32. The summed E-state index contributed by atoms with van der Waals surface area (Å²) < 4.78 is 13.7. The van der Waals surface area contributed by atoms with Gasteiger partial charge >= 0.3 is 0 Å². The van der Waals surface area contributed by atoms with Gasteiger partial charge in [0.1, 0.15) is 11.6 Å². The third-order valence-corrected chi connectivity index (χ3v) is 4.37. The standard InChI is InChI=1S/C20H18FNO4/c1-12-5-7-13(8-6-12)18(24)16-17(14-3-2-4-15(21)11-14)22(9-10-23)20(26)19(16)25/h2-8,11,17,23-24H,9-10H2,1H3/b18-16-. The van der Waals surface area contributed by atoms with Crippen molar-refractivity contribution in [2.75, 3.05) is 13.2 Å². The number of hydrogen-bond donors (Lipinski definition) is 2. The van der Waals surface area contributed by atoms with Gasteiger partial charge in [0.05, 0.1) is 18.2 Å². The van der Waals surface area contributed by atoms with Crippen LogP contribution in [0.5, 0.6) is 0 Å². The quantitative estimate of drug-likeness (QED) is 0.502. The number of aliphatic hydroxyl groups is 2. The second-order valence-electron chi connectivity index (χ2n) is 6.14. The molecule has 0 bridgehead atoms. The minimum absolute atomic E-state index is 0.101. The third kappa shape index (κ3) is 3.11. The van der Waals surface area contributed by atoms with Gasteiger partial charge in [0.2, 0.25) is 0 Å². The van der Waals surface area contributed by atoms with Crippen LogP contribution < -0.4 is 0 Å². The molecule has 0 aliphatic carbocycles. The average molecular weight is 355 g/mol. The predicted molar refractivity (Wildman–Crippen MR) is 93.7 cm³/mol. The highest BCUT2D eigenvalue weighted by atomic mass is 19.1. The summed E-state index contributed by atoms with van der Waals surface area (Å²) in [6.45, 7) is 1.43. The van der Waals surface area contributed by atoms with Crippen molar-refractivity contribution in [2.24, 2.45) is 0 Å². The van der Waals surface area contributed by atoms with Crippen LogP contribution in [0.1, 0.15) is 22.7 Å². The van der Waals surface area contributed by atoms with Gasteiger partial charge in [0, 0.05) is 12.1 Å². The van der Waals surface area contributed by atoms with E-state index in [9.17, 15) is 24.2 Å². The molecular weight excluding hydrogens is 337 g/mol. The van der Waals surface area contributed by atoms with Crippen molar-refractivity contribution in [3.05, 3.63) is 76.6 Å². The van der Waals surface area contributed by atoms with Crippen molar-refractivity contribution >= 4 is 17.4 Å². The average Bonchev–Trinajstić information content (AvgIpc) is 2.87. The number of carbonyl (C=O) groups is 2. The molecule has 1 amide bonds. The Morgan fingerprint density at radius 1 is 1.15 bits per heavy atom. The van der Waals surface area contributed by atoms with Crippen LogP contribution in [0.3, 0.4) is 0 Å². The monoisotopic (exact) mass is 355 g/mol. The number of aliphatic hydroxyl groups excluding tert-OH is 2. The molecule has 0 aromatic heterocycles. The minimum atomic E-state index is -0.959. The van der Waals surface area contributed by atoms with E-state index in [0.717, 1.165) is 10.5 Å². The zero-order valence-electron chi connectivity index (χ0n) is 14.1. The molecule has 6 heteroatoms. The smallest absolute Gasteiger partial charge is 0.295 e. The number of Topliss-reactive ketones (excluding diaryl/α,β-unsaturated/α-hetero) is 1. The van der Waals surface area contributed by atoms with E-state index in [1.807, 2.05) is 6.92 Å². The van der Waals surface area contributed by atoms with Gasteiger partial charge in [-0.15, -0.1) is 0 Å². The number of ketones is 1. The summed E-state index contributed by atoms with van der Waals surface area (Å²) in [4.78, 5) is 26.1. The topological polar surface area (TPSA) is 77.8 Å². The lowest BCUT2D eigenvalue weighted by molar-refractivity contribution is -0.140. The second-order valence-corrected chi connectivity index (χ2v) is 6.14. The molecule has 5 nitrogen and oxygen atoms in total. The summed E-state index contributed by atoms with van der Waals surface area (Å²) in [6, 6.07) is 11.4. The highest BCUT2D eigenvalue weighted by Gasteiger charge is 2.45. The molecule has 1 aliphatic rings. The summed E-state index contributed by atoms with van der Waals surface area (Å²) in [7, 11) is 0. The van der Waals surface area contributed by atoms with E-state index in [1.165, 1.54) is 18.2 Å². The fourth-order valence-electron chi connectivity index (χ4n) is 3.11. The number of β-amino-alcohol motifs (C(OH)–C–C–N with tert-alkyl or cyclic N) is 1. The van der Waals surface area contributed by atoms with Crippen LogP contribution in [-0.2, 0) is 9.59 Å². The summed E-state index contributed by atoms with van der Waals surface area (Å²) in [5.41, 5.74) is 1.60. The van der Waals surface area contributed by atoms with Crippen LogP contribution in [0.25, 0.3) is 5.76 Å². The maximum atomic E-state index is 13.7. The van der Waals surface area contributed by atoms with E-state index < -0.39 is 23.5 Å². The number of rotatable bonds is 4. The van der Waals surface area contributed by atoms with Gasteiger partial charge < -0.3 is 15.1 Å². The lowest BCUT2D eigenvalue weighted by atomic mass is 9.95. The molecule has 3 rings (SSSR count). The van der Waals surface area contributed by atoms with Crippen molar-refractivity contribution in [1.29, 1.82) is 0 Å². The van der Waals surface area contributed by atoms with Crippen molar-refractivity contribution in [3.63, 3.8) is 0 Å². The molecule has 1 aliphatic heterocycles. The number of likely N-dealkylation sites (tertiary alicyclic amines) is 1. The molecule has 0 saturated carbocycles. The molecule has 134 valence electrons. The van der Waals surface area contributed by atoms with Crippen LogP contribution in [0, 0.1) is 12.7 Å². The Hall–Kier alpha value is -2.99. The Balaban J connectivity index is 2.19. The van der Waals surface area contributed by atoms with Gasteiger partial charge in [-0.05, 0) is 24.6 Å². The van der Waals surface area contributed by atoms with Gasteiger partial charge in [-0.25, -0.2) is 4.39 Å². The number of benzene rings is 2. The second kappa shape index (κ2) is 7.09. The molecule has 0 radical (unpaired) electrons. The fraction of sp³-hybridized carbons (Fsp3) is 0.200. The molecule has 1 unspecified atom stereocenters.